The van der Waals surface area contributed by atoms with Gasteiger partial charge in [-0.25, -0.2) is 15.0 Å². The van der Waals surface area contributed by atoms with Gasteiger partial charge < -0.3 is 5.11 Å². The van der Waals surface area contributed by atoms with Crippen LogP contribution in [0.3, 0.4) is 0 Å². The first-order valence-electron chi connectivity index (χ1n) is 12.1. The van der Waals surface area contributed by atoms with Crippen molar-refractivity contribution in [3.8, 4) is 16.9 Å². The molecule has 0 fully saturated rings. The van der Waals surface area contributed by atoms with Crippen molar-refractivity contribution in [2.75, 3.05) is 0 Å². The minimum absolute atomic E-state index is 0.0411. The molecule has 3 aromatic heterocycles. The minimum Gasteiger partial charge on any atom is -0.369 e. The molecule has 1 N–H and O–H groups in total. The third kappa shape index (κ3) is 5.09. The van der Waals surface area contributed by atoms with E-state index in [-0.39, 0.29) is 28.8 Å². The Morgan fingerprint density at radius 2 is 1.60 bits per heavy atom. The van der Waals surface area contributed by atoms with Gasteiger partial charge in [0.05, 0.1) is 27.3 Å². The van der Waals surface area contributed by atoms with Gasteiger partial charge in [0.2, 0.25) is 0 Å². The van der Waals surface area contributed by atoms with Crippen LogP contribution < -0.4 is 5.56 Å². The van der Waals surface area contributed by atoms with Crippen LogP contribution in [0.5, 0.6) is 0 Å². The molecule has 0 bridgehead atoms. The minimum atomic E-state index is -6.12. The Labute approximate surface area is 238 Å². The van der Waals surface area contributed by atoms with Gasteiger partial charge in [-0.1, -0.05) is 29.8 Å². The average Bonchev–Trinajstić information content (AvgIpc) is 2.93. The second-order valence-corrected chi connectivity index (χ2v) is 9.71. The Hall–Kier alpha value is -4.36. The van der Waals surface area contributed by atoms with Gasteiger partial charge in [-0.05, 0) is 48.9 Å². The predicted octanol–water partition coefficient (Wildman–Crippen LogP) is 6.10. The van der Waals surface area contributed by atoms with Crippen LogP contribution in [-0.4, -0.2) is 42.0 Å². The maximum atomic E-state index is 13.9. The fraction of sp³-hybridized carbons (Fsp3) is 0.179. The summed E-state index contributed by atoms with van der Waals surface area (Å²) < 4.78 is 82.0. The summed E-state index contributed by atoms with van der Waals surface area (Å²) in [5, 5.41) is 9.26. The smallest absolute Gasteiger partial charge is 0.369 e. The maximum Gasteiger partial charge on any atom is 0.430 e. The number of benzene rings is 2. The molecular formula is C28H18ClF6N5O2. The molecule has 14 heteroatoms. The maximum absolute atomic E-state index is 13.9. The summed E-state index contributed by atoms with van der Waals surface area (Å²) in [6.45, 7) is 1.66. The average molecular weight is 606 g/mol. The number of hydrogen-bond acceptors (Lipinski definition) is 6. The monoisotopic (exact) mass is 605 g/mol. The van der Waals surface area contributed by atoms with Gasteiger partial charge in [0.15, 0.2) is 0 Å². The first-order chi connectivity index (χ1) is 19.7. The van der Waals surface area contributed by atoms with E-state index in [1.54, 1.807) is 43.5 Å². The quantitative estimate of drug-likeness (QED) is 0.243. The lowest BCUT2D eigenvalue weighted by atomic mass is 9.92. The highest BCUT2D eigenvalue weighted by atomic mass is 35.5. The number of aromatic nitrogens is 5. The molecule has 0 aliphatic rings. The summed E-state index contributed by atoms with van der Waals surface area (Å²) in [6, 6.07) is 11.6. The highest BCUT2D eigenvalue weighted by molar-refractivity contribution is 6.32. The van der Waals surface area contributed by atoms with Gasteiger partial charge >= 0.3 is 12.4 Å². The summed E-state index contributed by atoms with van der Waals surface area (Å²) in [6.07, 6.45) is -7.73. The Kier molecular flexibility index (Phi) is 7.27. The first kappa shape index (κ1) is 29.1. The third-order valence-corrected chi connectivity index (χ3v) is 6.82. The first-order valence-corrected chi connectivity index (χ1v) is 12.5. The van der Waals surface area contributed by atoms with Crippen molar-refractivity contribution < 1.29 is 31.4 Å². The van der Waals surface area contributed by atoms with E-state index >= 15 is 0 Å². The number of rotatable bonds is 5. The van der Waals surface area contributed by atoms with Gasteiger partial charge in [0, 0.05) is 36.1 Å². The number of alkyl halides is 6. The zero-order valence-electron chi connectivity index (χ0n) is 21.4. The number of halogens is 7. The van der Waals surface area contributed by atoms with Gasteiger partial charge in [0.1, 0.15) is 11.6 Å². The molecule has 0 aliphatic carbocycles. The van der Waals surface area contributed by atoms with Crippen LogP contribution in [0.1, 0.15) is 22.8 Å². The highest BCUT2D eigenvalue weighted by Gasteiger charge is 2.71. The van der Waals surface area contributed by atoms with Crippen LogP contribution in [-0.2, 0) is 12.0 Å². The second-order valence-electron chi connectivity index (χ2n) is 9.30. The van der Waals surface area contributed by atoms with Crippen LogP contribution in [0, 0.1) is 6.92 Å². The van der Waals surface area contributed by atoms with E-state index in [1.165, 1.54) is 18.5 Å². The molecule has 2 aromatic carbocycles. The number of nitrogens with zero attached hydrogens (tertiary/aromatic N) is 5. The van der Waals surface area contributed by atoms with E-state index in [4.69, 9.17) is 11.6 Å². The lowest BCUT2D eigenvalue weighted by molar-refractivity contribution is -0.376. The van der Waals surface area contributed by atoms with E-state index in [9.17, 15) is 36.2 Å². The Morgan fingerprint density at radius 3 is 2.19 bits per heavy atom. The molecule has 0 saturated heterocycles. The van der Waals surface area contributed by atoms with Crippen molar-refractivity contribution in [2.24, 2.45) is 0 Å². The predicted molar refractivity (Wildman–Crippen MR) is 141 cm³/mol. The number of pyridine rings is 1. The van der Waals surface area contributed by atoms with Crippen LogP contribution in [0.4, 0.5) is 26.3 Å². The van der Waals surface area contributed by atoms with E-state index in [1.807, 2.05) is 0 Å². The Morgan fingerprint density at radius 1 is 0.905 bits per heavy atom. The molecule has 0 unspecified atom stereocenters. The largest absolute Gasteiger partial charge is 0.430 e. The Bertz CT molecular complexity index is 1830. The molecule has 0 saturated carbocycles. The topological polar surface area (TPSA) is 93.8 Å². The number of hydrogen-bond donors (Lipinski definition) is 1. The fourth-order valence-electron chi connectivity index (χ4n) is 4.39. The van der Waals surface area contributed by atoms with Gasteiger partial charge in [-0.2, -0.15) is 26.3 Å². The van der Waals surface area contributed by atoms with Crippen molar-refractivity contribution in [1.82, 2.24) is 24.5 Å². The fourth-order valence-corrected chi connectivity index (χ4v) is 4.65. The molecule has 5 rings (SSSR count). The van der Waals surface area contributed by atoms with Gasteiger partial charge in [-0.3, -0.25) is 14.3 Å². The van der Waals surface area contributed by atoms with Gasteiger partial charge in [-0.15, -0.1) is 0 Å². The van der Waals surface area contributed by atoms with Crippen molar-refractivity contribution in [3.05, 3.63) is 111 Å². The number of fused-ring (bicyclic) bond motifs is 1. The molecule has 0 amide bonds. The highest BCUT2D eigenvalue weighted by Crippen LogP contribution is 2.50. The second kappa shape index (κ2) is 10.5. The van der Waals surface area contributed by atoms with Crippen LogP contribution >= 0.6 is 11.6 Å². The normalized spacial score (nSPS) is 12.6. The zero-order chi connectivity index (χ0) is 30.4. The van der Waals surface area contributed by atoms with Crippen LogP contribution in [0.2, 0.25) is 5.02 Å². The lowest BCUT2D eigenvalue weighted by Gasteiger charge is -2.33. The molecule has 216 valence electrons. The molecule has 0 atom stereocenters. The third-order valence-electron chi connectivity index (χ3n) is 6.52. The van der Waals surface area contributed by atoms with E-state index < -0.39 is 34.1 Å². The van der Waals surface area contributed by atoms with Crippen LogP contribution in [0.15, 0.2) is 78.0 Å². The molecule has 3 heterocycles. The lowest BCUT2D eigenvalue weighted by Crippen LogP contribution is -2.53. The van der Waals surface area contributed by atoms with Crippen molar-refractivity contribution >= 4 is 22.5 Å². The van der Waals surface area contributed by atoms with Gasteiger partial charge in [0.25, 0.3) is 11.2 Å². The molecule has 42 heavy (non-hydrogen) atoms. The molecule has 0 radical (unpaired) electrons. The van der Waals surface area contributed by atoms with E-state index in [0.717, 1.165) is 10.6 Å². The summed E-state index contributed by atoms with van der Waals surface area (Å²) >= 11 is 6.25. The molecule has 5 aromatic rings. The molecule has 0 spiro atoms. The standard InChI is InChI=1S/C28H18ClF6N5O2/c1-15-37-13-16(14-38-15)10-24-39-22-7-5-17(21-4-2-3-9-36-21)11-19(22)25(41)40(24)23-8-6-18(12-20(23)29)26(42,27(30,31)32)28(33,34)35/h2-9,11-14,42H,10H2,1H3. The van der Waals surface area contributed by atoms with E-state index in [2.05, 4.69) is 19.9 Å². The molecule has 0 aliphatic heterocycles. The number of aryl methyl sites for hydroxylation is 1. The van der Waals surface area contributed by atoms with E-state index in [0.29, 0.717) is 34.8 Å². The molecular weight excluding hydrogens is 588 g/mol. The van der Waals surface area contributed by atoms with Crippen LogP contribution in [0.25, 0.3) is 27.8 Å². The SMILES string of the molecule is Cc1ncc(Cc2nc3ccc(-c4ccccn4)cc3c(=O)n2-c2ccc(C(O)(C(F)(F)F)C(F)(F)F)cc2Cl)cn1. The summed E-state index contributed by atoms with van der Waals surface area (Å²) in [5.74, 6) is 0.534. The Balaban J connectivity index is 1.74. The summed E-state index contributed by atoms with van der Waals surface area (Å²) in [7, 11) is 0. The zero-order valence-corrected chi connectivity index (χ0v) is 22.1. The van der Waals surface area contributed by atoms with Crippen molar-refractivity contribution in [1.29, 1.82) is 0 Å². The number of aliphatic hydroxyl groups is 1. The van der Waals surface area contributed by atoms with Crippen molar-refractivity contribution in [3.63, 3.8) is 0 Å². The molecule has 7 nitrogen and oxygen atoms in total. The van der Waals surface area contributed by atoms with Crippen molar-refractivity contribution in [2.45, 2.75) is 31.3 Å². The summed E-state index contributed by atoms with van der Waals surface area (Å²) in [4.78, 5) is 31.0. The summed E-state index contributed by atoms with van der Waals surface area (Å²) in [5.41, 5.74) is -5.81.